The van der Waals surface area contributed by atoms with E-state index in [4.69, 9.17) is 9.47 Å². The highest BCUT2D eigenvalue weighted by Gasteiger charge is 2.35. The van der Waals surface area contributed by atoms with E-state index in [0.29, 0.717) is 24.2 Å². The summed E-state index contributed by atoms with van der Waals surface area (Å²) in [4.78, 5) is 15.7. The van der Waals surface area contributed by atoms with Gasteiger partial charge in [-0.05, 0) is 86.1 Å². The van der Waals surface area contributed by atoms with Gasteiger partial charge in [0.25, 0.3) is 0 Å². The van der Waals surface area contributed by atoms with E-state index in [1.807, 2.05) is 18.2 Å². The number of hydrogen-bond donors (Lipinski definition) is 1. The fourth-order valence-electron chi connectivity index (χ4n) is 4.74. The van der Waals surface area contributed by atoms with Gasteiger partial charge in [0.15, 0.2) is 0 Å². The molecule has 1 heterocycles. The second-order valence-corrected chi connectivity index (χ2v) is 8.87. The maximum Gasteiger partial charge on any atom is 0.304 e. The molecule has 0 bridgehead atoms. The number of aliphatic carboxylic acids is 1. The van der Waals surface area contributed by atoms with Gasteiger partial charge in [-0.15, -0.1) is 0 Å². The van der Waals surface area contributed by atoms with Gasteiger partial charge in [-0.25, -0.2) is 4.39 Å². The van der Waals surface area contributed by atoms with Gasteiger partial charge in [0.1, 0.15) is 17.3 Å². The van der Waals surface area contributed by atoms with E-state index in [9.17, 15) is 14.3 Å². The minimum atomic E-state index is -0.783. The van der Waals surface area contributed by atoms with Gasteiger partial charge in [-0.3, -0.25) is 9.78 Å². The van der Waals surface area contributed by atoms with Crippen LogP contribution in [0, 0.1) is 17.7 Å². The van der Waals surface area contributed by atoms with E-state index in [2.05, 4.69) is 4.98 Å². The van der Waals surface area contributed by atoms with E-state index in [1.54, 1.807) is 19.4 Å². The predicted molar refractivity (Wildman–Crippen MR) is 115 cm³/mol. The van der Waals surface area contributed by atoms with Crippen molar-refractivity contribution in [2.45, 2.75) is 56.8 Å². The molecule has 0 saturated heterocycles. The van der Waals surface area contributed by atoms with E-state index in [0.717, 1.165) is 55.5 Å². The van der Waals surface area contributed by atoms with Crippen LogP contribution in [0.1, 0.15) is 68.0 Å². The maximum absolute atomic E-state index is 14.3. The predicted octanol–water partition coefficient (Wildman–Crippen LogP) is 5.55. The summed E-state index contributed by atoms with van der Waals surface area (Å²) < 4.78 is 25.6. The number of ether oxygens (including phenoxy) is 2. The molecule has 1 atom stereocenters. The molecule has 2 aliphatic rings. The zero-order valence-electron chi connectivity index (χ0n) is 17.9. The lowest BCUT2D eigenvalue weighted by molar-refractivity contribution is -0.137. The SMILES string of the molecule is COc1ccc(F)c([C@H]2CC[C@@H](COc3ccnc(C(CC(=O)O)C4CC4)c3)CC2)c1. The lowest BCUT2D eigenvalue weighted by atomic mass is 9.79. The van der Waals surface area contributed by atoms with Crippen LogP contribution in [0.5, 0.6) is 11.5 Å². The molecule has 4 rings (SSSR count). The number of carbonyl (C=O) groups is 1. The van der Waals surface area contributed by atoms with Crippen molar-refractivity contribution in [2.75, 3.05) is 13.7 Å². The quantitative estimate of drug-likeness (QED) is 0.568. The molecular weight excluding hydrogens is 397 g/mol. The highest BCUT2D eigenvalue weighted by molar-refractivity contribution is 5.68. The number of pyridine rings is 1. The van der Waals surface area contributed by atoms with Crippen LogP contribution >= 0.6 is 0 Å². The van der Waals surface area contributed by atoms with Gasteiger partial charge in [0, 0.05) is 23.9 Å². The molecule has 0 amide bonds. The van der Waals surface area contributed by atoms with Crippen LogP contribution in [0.3, 0.4) is 0 Å². The fraction of sp³-hybridized carbons (Fsp3) is 0.520. The van der Waals surface area contributed by atoms with Crippen molar-refractivity contribution in [3.63, 3.8) is 0 Å². The number of carboxylic acids is 1. The third kappa shape index (κ3) is 5.54. The lowest BCUT2D eigenvalue weighted by Crippen LogP contribution is -2.20. The fourth-order valence-corrected chi connectivity index (χ4v) is 4.74. The van der Waals surface area contributed by atoms with Crippen LogP contribution in [0.4, 0.5) is 4.39 Å². The first-order chi connectivity index (χ1) is 15.0. The molecule has 1 aromatic carbocycles. The van der Waals surface area contributed by atoms with Gasteiger partial charge < -0.3 is 14.6 Å². The largest absolute Gasteiger partial charge is 0.497 e. The van der Waals surface area contributed by atoms with Gasteiger partial charge >= 0.3 is 5.97 Å². The van der Waals surface area contributed by atoms with Gasteiger partial charge in [-0.1, -0.05) is 0 Å². The Kier molecular flexibility index (Phi) is 6.73. The molecule has 31 heavy (non-hydrogen) atoms. The summed E-state index contributed by atoms with van der Waals surface area (Å²) in [5.74, 6) is 1.55. The number of methoxy groups -OCH3 is 1. The minimum absolute atomic E-state index is 0.0331. The third-order valence-corrected chi connectivity index (χ3v) is 6.69. The Bertz CT molecular complexity index is 906. The van der Waals surface area contributed by atoms with E-state index >= 15 is 0 Å². The molecule has 2 fully saturated rings. The molecule has 2 saturated carbocycles. The summed E-state index contributed by atoms with van der Waals surface area (Å²) in [6, 6.07) is 8.71. The molecule has 1 aromatic heterocycles. The van der Waals surface area contributed by atoms with Crippen molar-refractivity contribution in [1.29, 1.82) is 0 Å². The van der Waals surface area contributed by atoms with Crippen molar-refractivity contribution in [3.05, 3.63) is 53.6 Å². The molecule has 0 aliphatic heterocycles. The normalized spacial score (nSPS) is 22.0. The number of halogens is 1. The van der Waals surface area contributed by atoms with Crippen LogP contribution < -0.4 is 9.47 Å². The Morgan fingerprint density at radius 2 is 1.90 bits per heavy atom. The monoisotopic (exact) mass is 427 g/mol. The smallest absolute Gasteiger partial charge is 0.304 e. The summed E-state index contributed by atoms with van der Waals surface area (Å²) in [5.41, 5.74) is 1.57. The Hall–Kier alpha value is -2.63. The molecule has 6 heteroatoms. The van der Waals surface area contributed by atoms with Crippen molar-refractivity contribution < 1.29 is 23.8 Å². The van der Waals surface area contributed by atoms with E-state index in [-0.39, 0.29) is 24.1 Å². The van der Waals surface area contributed by atoms with E-state index in [1.165, 1.54) is 6.07 Å². The molecule has 2 aromatic rings. The third-order valence-electron chi connectivity index (χ3n) is 6.69. The second kappa shape index (κ2) is 9.67. The summed E-state index contributed by atoms with van der Waals surface area (Å²) >= 11 is 0. The zero-order valence-corrected chi connectivity index (χ0v) is 17.9. The highest BCUT2D eigenvalue weighted by atomic mass is 19.1. The first-order valence-corrected chi connectivity index (χ1v) is 11.2. The maximum atomic E-state index is 14.3. The Morgan fingerprint density at radius 3 is 2.58 bits per heavy atom. The average molecular weight is 428 g/mol. The molecule has 1 N–H and O–H groups in total. The first kappa shape index (κ1) is 21.6. The molecule has 2 aliphatic carbocycles. The minimum Gasteiger partial charge on any atom is -0.497 e. The van der Waals surface area contributed by atoms with Crippen LogP contribution in [0.25, 0.3) is 0 Å². The Labute approximate surface area is 182 Å². The molecule has 166 valence electrons. The van der Waals surface area contributed by atoms with E-state index < -0.39 is 5.97 Å². The number of rotatable bonds is 9. The number of carboxylic acid groups (broad SMARTS) is 1. The first-order valence-electron chi connectivity index (χ1n) is 11.2. The van der Waals surface area contributed by atoms with Crippen LogP contribution in [0.15, 0.2) is 36.5 Å². The molecular formula is C25H30FNO4. The summed E-state index contributed by atoms with van der Waals surface area (Å²) in [5, 5.41) is 9.23. The topological polar surface area (TPSA) is 68.7 Å². The highest BCUT2D eigenvalue weighted by Crippen LogP contribution is 2.44. The van der Waals surface area contributed by atoms with Crippen molar-refractivity contribution in [2.24, 2.45) is 11.8 Å². The second-order valence-electron chi connectivity index (χ2n) is 8.87. The Morgan fingerprint density at radius 1 is 1.13 bits per heavy atom. The number of hydrogen-bond acceptors (Lipinski definition) is 4. The van der Waals surface area contributed by atoms with Crippen molar-refractivity contribution >= 4 is 5.97 Å². The van der Waals surface area contributed by atoms with Crippen LogP contribution in [0.2, 0.25) is 0 Å². The average Bonchev–Trinajstić information content (AvgIpc) is 3.62. The van der Waals surface area contributed by atoms with Gasteiger partial charge in [-0.2, -0.15) is 0 Å². The molecule has 5 nitrogen and oxygen atoms in total. The molecule has 0 spiro atoms. The number of benzene rings is 1. The van der Waals surface area contributed by atoms with Crippen LogP contribution in [-0.4, -0.2) is 29.8 Å². The standard InChI is InChI=1S/C25H30FNO4/c1-30-19-8-9-23(26)21(12-19)17-4-2-16(3-5-17)15-31-20-10-11-27-24(13-20)22(14-25(28)29)18-6-7-18/h8-13,16-18,22H,2-7,14-15H2,1H3,(H,28,29)/t16-,17+,22?. The lowest BCUT2D eigenvalue weighted by Gasteiger charge is -2.29. The number of aromatic nitrogens is 1. The Balaban J connectivity index is 1.31. The molecule has 0 radical (unpaired) electrons. The van der Waals surface area contributed by atoms with Gasteiger partial charge in [0.05, 0.1) is 20.1 Å². The summed E-state index contributed by atoms with van der Waals surface area (Å²) in [6.45, 7) is 0.615. The summed E-state index contributed by atoms with van der Waals surface area (Å²) in [7, 11) is 1.60. The summed E-state index contributed by atoms with van der Waals surface area (Å²) in [6.07, 6.45) is 7.82. The zero-order chi connectivity index (χ0) is 21.8. The van der Waals surface area contributed by atoms with Crippen molar-refractivity contribution in [1.82, 2.24) is 4.98 Å². The van der Waals surface area contributed by atoms with Crippen molar-refractivity contribution in [3.8, 4) is 11.5 Å². The molecule has 1 unspecified atom stereocenters. The number of nitrogens with zero attached hydrogens (tertiary/aromatic N) is 1. The van der Waals surface area contributed by atoms with Crippen LogP contribution in [-0.2, 0) is 4.79 Å². The van der Waals surface area contributed by atoms with Gasteiger partial charge in [0.2, 0.25) is 0 Å².